The molecule has 3 heterocycles. The van der Waals surface area contributed by atoms with Gasteiger partial charge in [-0.05, 0) is 135 Å². The number of benzene rings is 3. The van der Waals surface area contributed by atoms with Crippen LogP contribution >= 0.6 is 11.8 Å². The van der Waals surface area contributed by atoms with E-state index in [4.69, 9.17) is 0 Å². The Morgan fingerprint density at radius 1 is 0.607 bits per heavy atom. The molecular formula is C44H56N4O7S. The Bertz CT molecular complexity index is 1810. The van der Waals surface area contributed by atoms with Crippen LogP contribution in [0.3, 0.4) is 0 Å². The summed E-state index contributed by atoms with van der Waals surface area (Å²) >= 11 is 1.63. The molecule has 6 unspecified atom stereocenters. The Kier molecular flexibility index (Phi) is 15.0. The smallest absolute Gasteiger partial charge is 0.307 e. The number of hydrogen-bond acceptors (Lipinski definition) is 8. The predicted molar refractivity (Wildman–Crippen MR) is 217 cm³/mol. The van der Waals surface area contributed by atoms with Gasteiger partial charge in [-0.3, -0.25) is 19.2 Å². The Morgan fingerprint density at radius 3 is 1.50 bits per heavy atom. The number of aliphatic carboxylic acids is 3. The molecule has 3 saturated heterocycles. The second-order valence-electron chi connectivity index (χ2n) is 15.8. The van der Waals surface area contributed by atoms with Crippen LogP contribution in [0.5, 0.6) is 0 Å². The predicted octanol–water partition coefficient (Wildman–Crippen LogP) is 4.61. The molecule has 0 aliphatic carbocycles. The third-order valence-corrected chi connectivity index (χ3v) is 12.9. The summed E-state index contributed by atoms with van der Waals surface area (Å²) < 4.78 is 0. The standard InChI is InChI=1S/C44H56N4O7S/c49-41(24-31-6-1-4-29(18-31)21-38(42(50)51)34-10-13-45-25-34)48(28-33-8-2-5-30(19-33)22-39(43(52)53)35-11-14-46-26-35)16-17-56-37-9-3-7-32(20-37)23-40(44(54)55)36-12-15-47-27-36/h1-9,18-20,34-36,38-40,45-47H,10-17,21-28H2,(H,50,51)(H,52,53)(H,54,55). The molecule has 3 aliphatic heterocycles. The Hall–Kier alpha value is -4.23. The van der Waals surface area contributed by atoms with Crippen molar-refractivity contribution in [2.45, 2.75) is 56.4 Å². The molecular weight excluding hydrogens is 729 g/mol. The highest BCUT2D eigenvalue weighted by Gasteiger charge is 2.33. The number of rotatable bonds is 20. The third-order valence-electron chi connectivity index (χ3n) is 11.9. The van der Waals surface area contributed by atoms with Crippen molar-refractivity contribution in [2.24, 2.45) is 35.5 Å². The van der Waals surface area contributed by atoms with Gasteiger partial charge in [-0.1, -0.05) is 60.7 Å². The van der Waals surface area contributed by atoms with Crippen LogP contribution in [-0.4, -0.2) is 95.6 Å². The number of thioether (sulfide) groups is 1. The molecule has 6 atom stereocenters. The lowest BCUT2D eigenvalue weighted by Crippen LogP contribution is -2.34. The molecule has 6 rings (SSSR count). The van der Waals surface area contributed by atoms with Crippen molar-refractivity contribution in [1.82, 2.24) is 20.9 Å². The van der Waals surface area contributed by atoms with Crippen LogP contribution in [0.15, 0.2) is 77.7 Å². The molecule has 1 amide bonds. The van der Waals surface area contributed by atoms with Crippen LogP contribution in [0, 0.1) is 35.5 Å². The maximum absolute atomic E-state index is 14.2. The van der Waals surface area contributed by atoms with Gasteiger partial charge in [0.15, 0.2) is 0 Å². The summed E-state index contributed by atoms with van der Waals surface area (Å²) in [7, 11) is 0. The summed E-state index contributed by atoms with van der Waals surface area (Å²) in [5, 5.41) is 39.9. The van der Waals surface area contributed by atoms with E-state index in [1.807, 2.05) is 71.6 Å². The third kappa shape index (κ3) is 11.7. The quantitative estimate of drug-likeness (QED) is 0.0886. The van der Waals surface area contributed by atoms with Gasteiger partial charge in [0.25, 0.3) is 0 Å². The van der Waals surface area contributed by atoms with Crippen molar-refractivity contribution in [3.63, 3.8) is 0 Å². The average Bonchev–Trinajstić information content (AvgIpc) is 4.00. The first-order valence-electron chi connectivity index (χ1n) is 20.1. The van der Waals surface area contributed by atoms with E-state index in [0.29, 0.717) is 51.2 Å². The van der Waals surface area contributed by atoms with E-state index in [9.17, 15) is 34.5 Å². The Labute approximate surface area is 334 Å². The normalized spacial score (nSPS) is 21.0. The van der Waals surface area contributed by atoms with Gasteiger partial charge in [-0.2, -0.15) is 0 Å². The first-order chi connectivity index (χ1) is 27.1. The molecule has 56 heavy (non-hydrogen) atoms. The highest BCUT2D eigenvalue weighted by molar-refractivity contribution is 7.99. The van der Waals surface area contributed by atoms with Crippen molar-refractivity contribution in [2.75, 3.05) is 51.6 Å². The number of carbonyl (C=O) groups excluding carboxylic acids is 1. The summed E-state index contributed by atoms with van der Waals surface area (Å²) in [6, 6.07) is 23.7. The van der Waals surface area contributed by atoms with Crippen LogP contribution in [0.25, 0.3) is 0 Å². The maximum atomic E-state index is 14.2. The van der Waals surface area contributed by atoms with Gasteiger partial charge in [-0.15, -0.1) is 11.8 Å². The summed E-state index contributed by atoms with van der Waals surface area (Å²) in [6.45, 7) is 5.45. The molecule has 6 N–H and O–H groups in total. The van der Waals surface area contributed by atoms with Crippen LogP contribution in [-0.2, 0) is 51.4 Å². The zero-order valence-corrected chi connectivity index (χ0v) is 32.9. The van der Waals surface area contributed by atoms with E-state index >= 15 is 0 Å². The van der Waals surface area contributed by atoms with Gasteiger partial charge in [0, 0.05) is 23.7 Å². The first-order valence-corrected chi connectivity index (χ1v) is 21.1. The van der Waals surface area contributed by atoms with Crippen molar-refractivity contribution >= 4 is 35.6 Å². The second kappa shape index (κ2) is 20.3. The molecule has 0 aromatic heterocycles. The lowest BCUT2D eigenvalue weighted by molar-refractivity contribution is -0.144. The van der Waals surface area contributed by atoms with Crippen molar-refractivity contribution in [1.29, 1.82) is 0 Å². The fourth-order valence-corrected chi connectivity index (χ4v) is 9.70. The summed E-state index contributed by atoms with van der Waals surface area (Å²) in [6.07, 6.45) is 4.02. The number of nitrogens with zero attached hydrogens (tertiary/aromatic N) is 1. The van der Waals surface area contributed by atoms with E-state index in [0.717, 1.165) is 78.2 Å². The molecule has 0 saturated carbocycles. The van der Waals surface area contributed by atoms with Crippen molar-refractivity contribution < 1.29 is 34.5 Å². The number of carboxylic acids is 3. The molecule has 300 valence electrons. The van der Waals surface area contributed by atoms with Gasteiger partial charge in [0.2, 0.25) is 5.91 Å². The minimum Gasteiger partial charge on any atom is -0.481 e. The largest absolute Gasteiger partial charge is 0.481 e. The van der Waals surface area contributed by atoms with Gasteiger partial charge in [0.1, 0.15) is 0 Å². The summed E-state index contributed by atoms with van der Waals surface area (Å²) in [4.78, 5) is 53.7. The minimum atomic E-state index is -0.793. The fourth-order valence-electron chi connectivity index (χ4n) is 8.75. The molecule has 12 heteroatoms. The summed E-state index contributed by atoms with van der Waals surface area (Å²) in [5.41, 5.74) is 4.60. The Balaban J connectivity index is 1.15. The van der Waals surface area contributed by atoms with Gasteiger partial charge in [0.05, 0.1) is 24.2 Å². The van der Waals surface area contributed by atoms with Gasteiger partial charge in [-0.25, -0.2) is 0 Å². The van der Waals surface area contributed by atoms with Crippen LogP contribution < -0.4 is 16.0 Å². The van der Waals surface area contributed by atoms with E-state index < -0.39 is 35.7 Å². The first kappa shape index (κ1) is 41.4. The molecule has 3 aliphatic rings. The van der Waals surface area contributed by atoms with Crippen molar-refractivity contribution in [3.05, 3.63) is 101 Å². The lowest BCUT2D eigenvalue weighted by atomic mass is 9.86. The van der Waals surface area contributed by atoms with Gasteiger partial charge >= 0.3 is 17.9 Å². The van der Waals surface area contributed by atoms with E-state index in [1.165, 1.54) is 0 Å². The number of amides is 1. The zero-order valence-electron chi connectivity index (χ0n) is 32.0. The van der Waals surface area contributed by atoms with E-state index in [-0.39, 0.29) is 30.1 Å². The molecule has 0 bridgehead atoms. The highest BCUT2D eigenvalue weighted by atomic mass is 32.2. The topological polar surface area (TPSA) is 168 Å². The fraction of sp³-hybridized carbons (Fsp3) is 0.500. The van der Waals surface area contributed by atoms with E-state index in [1.54, 1.807) is 11.8 Å². The SMILES string of the molecule is O=C(O)C(Cc1cccc(CC(=O)N(CCSc2cccc(CC(C(=O)O)C3CCNC3)c2)Cc2cccc(CC(C(=O)O)C3CCNC3)c2)c1)C1CCNC1. The molecule has 11 nitrogen and oxygen atoms in total. The zero-order chi connectivity index (χ0) is 39.4. The van der Waals surface area contributed by atoms with Gasteiger partial charge < -0.3 is 36.2 Å². The van der Waals surface area contributed by atoms with Crippen LogP contribution in [0.2, 0.25) is 0 Å². The average molecular weight is 785 g/mol. The molecule has 3 fully saturated rings. The minimum absolute atomic E-state index is 0.0494. The molecule has 3 aromatic rings. The maximum Gasteiger partial charge on any atom is 0.307 e. The second-order valence-corrected chi connectivity index (χ2v) is 17.0. The molecule has 0 radical (unpaired) electrons. The van der Waals surface area contributed by atoms with E-state index in [2.05, 4.69) is 22.0 Å². The van der Waals surface area contributed by atoms with Crippen molar-refractivity contribution in [3.8, 4) is 0 Å². The highest BCUT2D eigenvalue weighted by Crippen LogP contribution is 2.28. The number of carbonyl (C=O) groups is 4. The number of carboxylic acid groups (broad SMARTS) is 3. The van der Waals surface area contributed by atoms with Crippen LogP contribution in [0.4, 0.5) is 0 Å². The number of hydrogen-bond donors (Lipinski definition) is 6. The number of nitrogens with one attached hydrogen (secondary N) is 3. The lowest BCUT2D eigenvalue weighted by Gasteiger charge is -2.24. The molecule has 0 spiro atoms. The monoisotopic (exact) mass is 784 g/mol. The van der Waals surface area contributed by atoms with Crippen LogP contribution in [0.1, 0.15) is 47.1 Å². The summed E-state index contributed by atoms with van der Waals surface area (Å²) in [5.74, 6) is -2.92. The molecule has 3 aromatic carbocycles. The Morgan fingerprint density at radius 2 is 1.04 bits per heavy atom.